The Kier molecular flexibility index (Phi) is 7.79. The molecule has 3 heterocycles. The Labute approximate surface area is 212 Å². The van der Waals surface area contributed by atoms with Gasteiger partial charge in [0.05, 0.1) is 6.07 Å². The van der Waals surface area contributed by atoms with Crippen LogP contribution in [0.15, 0.2) is 45.4 Å². The van der Waals surface area contributed by atoms with Gasteiger partial charge in [0.25, 0.3) is 11.8 Å². The van der Waals surface area contributed by atoms with E-state index in [0.29, 0.717) is 17.1 Å². The number of β-lactam (4-membered cyclic amide) rings is 1. The van der Waals surface area contributed by atoms with Gasteiger partial charge in [-0.1, -0.05) is 11.2 Å². The van der Waals surface area contributed by atoms with Crippen molar-refractivity contribution in [1.29, 1.82) is 5.26 Å². The lowest BCUT2D eigenvalue weighted by molar-refractivity contribution is -0.150. The second-order valence-corrected chi connectivity index (χ2v) is 10.4. The Morgan fingerprint density at radius 2 is 2.34 bits per heavy atom. The minimum absolute atomic E-state index is 0.0837. The number of carboxylic acid groups (broad SMARTS) is 1. The zero-order valence-electron chi connectivity index (χ0n) is 18.1. The molecule has 1 fully saturated rings. The molecule has 1 aromatic heterocycles. The topological polar surface area (TPSA) is 171 Å². The Bertz CT molecular complexity index is 1200. The standard InChI is InChI=1S/C21H20N6O5S3/c22-6-3-7-33-8-11-9-34-19-15(18(29)27(19)16(11)20(30)31)25-17(28)14(13-10-35-21(23)24-13)26-32-12-4-1-2-5-12/h1,3-4,7,10,12,15,19H,2,5,8-9H2,(H2,23,24)(H,25,28)(H,30,31)/b7-3-,26-14?/t12?,15?,19-/m1/s1. The summed E-state index contributed by atoms with van der Waals surface area (Å²) in [6.07, 6.45) is 6.45. The number of anilines is 1. The number of hydrogen-bond acceptors (Lipinski definition) is 11. The van der Waals surface area contributed by atoms with Crippen LogP contribution in [0.3, 0.4) is 0 Å². The molecule has 1 aliphatic carbocycles. The van der Waals surface area contributed by atoms with Crippen LogP contribution in [0.2, 0.25) is 0 Å². The molecule has 35 heavy (non-hydrogen) atoms. The quantitative estimate of drug-likeness (QED) is 0.140. The van der Waals surface area contributed by atoms with Gasteiger partial charge in [0.2, 0.25) is 0 Å². The van der Waals surface area contributed by atoms with E-state index in [1.54, 1.807) is 10.8 Å². The van der Waals surface area contributed by atoms with Crippen LogP contribution in [0.25, 0.3) is 0 Å². The van der Waals surface area contributed by atoms with Crippen molar-refractivity contribution in [3.63, 3.8) is 0 Å². The van der Waals surface area contributed by atoms with Crippen LogP contribution < -0.4 is 11.1 Å². The van der Waals surface area contributed by atoms with Crippen molar-refractivity contribution in [3.05, 3.63) is 46.0 Å². The maximum absolute atomic E-state index is 13.1. The highest BCUT2D eigenvalue weighted by Gasteiger charge is 2.54. The fourth-order valence-corrected chi connectivity index (χ4v) is 6.36. The molecular weight excluding hydrogens is 512 g/mol. The van der Waals surface area contributed by atoms with Crippen LogP contribution >= 0.6 is 34.9 Å². The number of aliphatic carboxylic acids is 1. The van der Waals surface area contributed by atoms with Gasteiger partial charge in [-0.05, 0) is 29.9 Å². The molecule has 2 aliphatic heterocycles. The maximum atomic E-state index is 13.1. The number of nitrogens with one attached hydrogen (secondary N) is 1. The molecule has 2 amide bonds. The number of thiazole rings is 1. The van der Waals surface area contributed by atoms with E-state index in [1.807, 2.05) is 18.2 Å². The van der Waals surface area contributed by atoms with Crippen LogP contribution in [0.5, 0.6) is 0 Å². The molecule has 4 rings (SSSR count). The SMILES string of the molecule is N#C/C=C\SCC1=C(C(=O)O)N2C(=O)C(NC(=O)C(=NOC3C=CCC3)c3csc(N)n3)[C@H]2SC1. The smallest absolute Gasteiger partial charge is 0.352 e. The first-order chi connectivity index (χ1) is 16.9. The number of carbonyl (C=O) groups excluding carboxylic acids is 2. The van der Waals surface area contributed by atoms with Crippen LogP contribution in [-0.4, -0.2) is 67.5 Å². The number of carbonyl (C=O) groups is 3. The molecule has 3 aliphatic rings. The molecule has 1 saturated heterocycles. The van der Waals surface area contributed by atoms with Gasteiger partial charge < -0.3 is 21.0 Å². The number of nitrogen functional groups attached to an aromatic ring is 1. The van der Waals surface area contributed by atoms with E-state index in [1.165, 1.54) is 34.5 Å². The first-order valence-corrected chi connectivity index (χ1v) is 13.4. The number of amides is 2. The highest BCUT2D eigenvalue weighted by molar-refractivity contribution is 8.02. The molecule has 11 nitrogen and oxygen atoms in total. The average Bonchev–Trinajstić information content (AvgIpc) is 3.51. The fourth-order valence-electron chi connectivity index (χ4n) is 3.65. The highest BCUT2D eigenvalue weighted by atomic mass is 32.2. The van der Waals surface area contributed by atoms with Gasteiger partial charge in [0, 0.05) is 23.0 Å². The van der Waals surface area contributed by atoms with Crippen LogP contribution in [0, 0.1) is 11.3 Å². The number of nitrogens with zero attached hydrogens (tertiary/aromatic N) is 4. The molecule has 0 radical (unpaired) electrons. The number of nitriles is 1. The third-order valence-corrected chi connectivity index (χ3v) is 8.12. The van der Waals surface area contributed by atoms with E-state index < -0.39 is 29.2 Å². The molecule has 2 unspecified atom stereocenters. The van der Waals surface area contributed by atoms with Gasteiger partial charge in [0.15, 0.2) is 10.8 Å². The normalized spacial score (nSPS) is 23.7. The summed E-state index contributed by atoms with van der Waals surface area (Å²) >= 11 is 3.77. The van der Waals surface area contributed by atoms with Crippen molar-refractivity contribution in [2.24, 2.45) is 5.16 Å². The maximum Gasteiger partial charge on any atom is 0.352 e. The predicted octanol–water partition coefficient (Wildman–Crippen LogP) is 1.67. The Balaban J connectivity index is 1.49. The number of hydrogen-bond donors (Lipinski definition) is 3. The third-order valence-electron chi connectivity index (χ3n) is 5.26. The Hall–Kier alpha value is -3.28. The van der Waals surface area contributed by atoms with Crippen molar-refractivity contribution in [2.75, 3.05) is 17.2 Å². The molecule has 0 aromatic carbocycles. The largest absolute Gasteiger partial charge is 0.477 e. The third kappa shape index (κ3) is 5.37. The number of allylic oxidation sites excluding steroid dienone is 2. The average molecular weight is 533 g/mol. The van der Waals surface area contributed by atoms with Crippen molar-refractivity contribution < 1.29 is 24.3 Å². The number of fused-ring (bicyclic) bond motifs is 1. The lowest BCUT2D eigenvalue weighted by Crippen LogP contribution is -2.71. The lowest BCUT2D eigenvalue weighted by atomic mass is 10.0. The second kappa shape index (κ2) is 11.0. The summed E-state index contributed by atoms with van der Waals surface area (Å²) in [6.45, 7) is 0. The molecule has 0 saturated carbocycles. The van der Waals surface area contributed by atoms with E-state index in [9.17, 15) is 19.5 Å². The zero-order chi connectivity index (χ0) is 24.9. The summed E-state index contributed by atoms with van der Waals surface area (Å²) in [7, 11) is 0. The first-order valence-electron chi connectivity index (χ1n) is 10.4. The fraction of sp³-hybridized carbons (Fsp3) is 0.333. The summed E-state index contributed by atoms with van der Waals surface area (Å²) in [4.78, 5) is 48.8. The van der Waals surface area contributed by atoms with Crippen molar-refractivity contribution in [3.8, 4) is 6.07 Å². The van der Waals surface area contributed by atoms with Gasteiger partial charge in [-0.15, -0.1) is 34.9 Å². The number of oxime groups is 1. The molecule has 0 spiro atoms. The molecule has 3 atom stereocenters. The van der Waals surface area contributed by atoms with Crippen LogP contribution in [-0.2, 0) is 19.2 Å². The lowest BCUT2D eigenvalue weighted by Gasteiger charge is -2.49. The number of aromatic nitrogens is 1. The molecule has 0 bridgehead atoms. The van der Waals surface area contributed by atoms with Gasteiger partial charge in [0.1, 0.15) is 28.9 Å². The summed E-state index contributed by atoms with van der Waals surface area (Å²) in [6, 6.07) is 0.939. The number of rotatable bonds is 9. The zero-order valence-corrected chi connectivity index (χ0v) is 20.6. The van der Waals surface area contributed by atoms with E-state index in [-0.39, 0.29) is 28.3 Å². The summed E-state index contributed by atoms with van der Waals surface area (Å²) < 4.78 is 0. The minimum atomic E-state index is -1.22. The summed E-state index contributed by atoms with van der Waals surface area (Å²) in [5.74, 6) is -1.71. The van der Waals surface area contributed by atoms with Crippen molar-refractivity contribution in [1.82, 2.24) is 15.2 Å². The molecular formula is C21H20N6O5S3. The number of thioether (sulfide) groups is 2. The highest BCUT2D eigenvalue weighted by Crippen LogP contribution is 2.41. The van der Waals surface area contributed by atoms with E-state index in [2.05, 4.69) is 15.5 Å². The first kappa shape index (κ1) is 24.8. The summed E-state index contributed by atoms with van der Waals surface area (Å²) in [5, 5.41) is 27.8. The minimum Gasteiger partial charge on any atom is -0.477 e. The van der Waals surface area contributed by atoms with Crippen molar-refractivity contribution >= 4 is 63.5 Å². The molecule has 182 valence electrons. The monoisotopic (exact) mass is 532 g/mol. The Morgan fingerprint density at radius 3 is 3.00 bits per heavy atom. The number of nitrogens with two attached hydrogens (primary N) is 1. The summed E-state index contributed by atoms with van der Waals surface area (Å²) in [5.41, 5.74) is 6.32. The molecule has 4 N–H and O–H groups in total. The van der Waals surface area contributed by atoms with Gasteiger partial charge in [-0.3, -0.25) is 14.5 Å². The van der Waals surface area contributed by atoms with Gasteiger partial charge >= 0.3 is 5.97 Å². The van der Waals surface area contributed by atoms with Crippen LogP contribution in [0.4, 0.5) is 5.13 Å². The van der Waals surface area contributed by atoms with Crippen molar-refractivity contribution in [2.45, 2.75) is 30.4 Å². The van der Waals surface area contributed by atoms with Crippen LogP contribution in [0.1, 0.15) is 18.5 Å². The van der Waals surface area contributed by atoms with E-state index in [0.717, 1.165) is 24.2 Å². The second-order valence-electron chi connectivity index (χ2n) is 7.52. The van der Waals surface area contributed by atoms with Gasteiger partial charge in [-0.2, -0.15) is 5.26 Å². The molecule has 1 aromatic rings. The van der Waals surface area contributed by atoms with E-state index >= 15 is 0 Å². The Morgan fingerprint density at radius 1 is 1.51 bits per heavy atom. The predicted molar refractivity (Wildman–Crippen MR) is 133 cm³/mol. The van der Waals surface area contributed by atoms with Gasteiger partial charge in [-0.25, -0.2) is 9.78 Å². The number of carboxylic acids is 1. The van der Waals surface area contributed by atoms with E-state index in [4.69, 9.17) is 15.8 Å². The molecule has 14 heteroatoms.